The third kappa shape index (κ3) is 2.34. The van der Waals surface area contributed by atoms with Crippen molar-refractivity contribution in [2.75, 3.05) is 0 Å². The minimum atomic E-state index is 0.314. The molecule has 0 atom stereocenters. The van der Waals surface area contributed by atoms with Crippen molar-refractivity contribution in [3.05, 3.63) is 40.9 Å². The summed E-state index contributed by atoms with van der Waals surface area (Å²) in [6.45, 7) is 2.71. The van der Waals surface area contributed by atoms with Gasteiger partial charge in [-0.05, 0) is 75.3 Å². The molecule has 4 aliphatic rings. The van der Waals surface area contributed by atoms with Crippen molar-refractivity contribution in [3.63, 3.8) is 0 Å². The fraction of sp³-hybridized carbons (Fsp3) is 0.545. The van der Waals surface area contributed by atoms with E-state index in [1.54, 1.807) is 11.3 Å². The van der Waals surface area contributed by atoms with Crippen LogP contribution >= 0.6 is 11.3 Å². The van der Waals surface area contributed by atoms with E-state index in [1.807, 2.05) is 10.6 Å². The predicted molar refractivity (Wildman–Crippen MR) is 112 cm³/mol. The SMILES string of the molecule is Cc1nc2ccccc2n1Cc1nnc2sc(C34CC5CC(CC(C5)C3)C4)nn12. The molecule has 0 amide bonds. The van der Waals surface area contributed by atoms with E-state index in [2.05, 4.69) is 39.9 Å². The van der Waals surface area contributed by atoms with Crippen LogP contribution in [0.5, 0.6) is 0 Å². The molecule has 0 spiro atoms. The summed E-state index contributed by atoms with van der Waals surface area (Å²) in [6.07, 6.45) is 8.39. The Kier molecular flexibility index (Phi) is 3.22. The molecule has 0 N–H and O–H groups in total. The van der Waals surface area contributed by atoms with Crippen molar-refractivity contribution in [1.82, 2.24) is 29.4 Å². The summed E-state index contributed by atoms with van der Waals surface area (Å²) in [5, 5.41) is 15.4. The van der Waals surface area contributed by atoms with E-state index in [1.165, 1.54) is 43.5 Å². The van der Waals surface area contributed by atoms with Crippen molar-refractivity contribution in [2.24, 2.45) is 17.8 Å². The fourth-order valence-electron chi connectivity index (χ4n) is 6.88. The van der Waals surface area contributed by atoms with Crippen LogP contribution in [0.4, 0.5) is 0 Å². The average molecular weight is 405 g/mol. The van der Waals surface area contributed by atoms with Gasteiger partial charge in [0.1, 0.15) is 10.8 Å². The van der Waals surface area contributed by atoms with Gasteiger partial charge in [-0.1, -0.05) is 23.5 Å². The molecule has 29 heavy (non-hydrogen) atoms. The Morgan fingerprint density at radius 2 is 1.76 bits per heavy atom. The lowest BCUT2D eigenvalue weighted by atomic mass is 9.50. The van der Waals surface area contributed by atoms with Crippen LogP contribution in [0.25, 0.3) is 16.0 Å². The van der Waals surface area contributed by atoms with Gasteiger partial charge in [0.15, 0.2) is 5.82 Å². The Bertz CT molecular complexity index is 1210. The lowest BCUT2D eigenvalue weighted by Gasteiger charge is -2.55. The Hall–Kier alpha value is -2.28. The van der Waals surface area contributed by atoms with E-state index in [9.17, 15) is 0 Å². The number of rotatable bonds is 3. The maximum atomic E-state index is 5.13. The highest BCUT2D eigenvalue weighted by atomic mass is 32.1. The monoisotopic (exact) mass is 404 g/mol. The lowest BCUT2D eigenvalue weighted by Crippen LogP contribution is -2.48. The first-order valence-corrected chi connectivity index (χ1v) is 11.6. The van der Waals surface area contributed by atoms with Gasteiger partial charge in [0.2, 0.25) is 4.96 Å². The van der Waals surface area contributed by atoms with E-state index in [0.29, 0.717) is 12.0 Å². The minimum absolute atomic E-state index is 0.314. The number of imidazole rings is 1. The zero-order valence-corrected chi connectivity index (χ0v) is 17.4. The van der Waals surface area contributed by atoms with Crippen LogP contribution in [0, 0.1) is 24.7 Å². The summed E-state index contributed by atoms with van der Waals surface area (Å²) in [4.78, 5) is 5.63. The first-order chi connectivity index (χ1) is 14.2. The normalized spacial score (nSPS) is 30.7. The van der Waals surface area contributed by atoms with Gasteiger partial charge >= 0.3 is 0 Å². The number of benzene rings is 1. The highest BCUT2D eigenvalue weighted by Crippen LogP contribution is 2.61. The number of hydrogen-bond acceptors (Lipinski definition) is 5. The molecule has 0 unspecified atom stereocenters. The third-order valence-corrected chi connectivity index (χ3v) is 8.84. The van der Waals surface area contributed by atoms with Crippen LogP contribution in [0.15, 0.2) is 24.3 Å². The topological polar surface area (TPSA) is 60.9 Å². The molecule has 3 heterocycles. The predicted octanol–water partition coefficient (Wildman–Crippen LogP) is 4.36. The summed E-state index contributed by atoms with van der Waals surface area (Å²) in [5.74, 6) is 4.68. The molecule has 6 nitrogen and oxygen atoms in total. The van der Waals surface area contributed by atoms with Crippen molar-refractivity contribution >= 4 is 27.3 Å². The molecule has 0 aliphatic heterocycles. The summed E-state index contributed by atoms with van der Waals surface area (Å²) >= 11 is 1.78. The van der Waals surface area contributed by atoms with Crippen LogP contribution in [0.3, 0.4) is 0 Å². The maximum Gasteiger partial charge on any atom is 0.234 e. The molecule has 148 valence electrons. The third-order valence-electron chi connectivity index (χ3n) is 7.69. The maximum absolute atomic E-state index is 5.13. The van der Waals surface area contributed by atoms with E-state index in [0.717, 1.165) is 45.4 Å². The van der Waals surface area contributed by atoms with Crippen LogP contribution in [0.1, 0.15) is 55.2 Å². The smallest absolute Gasteiger partial charge is 0.234 e. The van der Waals surface area contributed by atoms with Crippen LogP contribution in [-0.4, -0.2) is 29.4 Å². The Balaban J connectivity index is 1.29. The highest BCUT2D eigenvalue weighted by molar-refractivity contribution is 7.16. The average Bonchev–Trinajstić information content (AvgIpc) is 3.35. The Labute approximate surface area is 173 Å². The van der Waals surface area contributed by atoms with Gasteiger partial charge < -0.3 is 4.57 Å². The number of aromatic nitrogens is 6. The summed E-state index contributed by atoms with van der Waals surface area (Å²) in [6, 6.07) is 8.28. The second-order valence-corrected chi connectivity index (χ2v) is 10.6. The van der Waals surface area contributed by atoms with E-state index in [-0.39, 0.29) is 0 Å². The van der Waals surface area contributed by atoms with Gasteiger partial charge in [-0.3, -0.25) is 0 Å². The lowest BCUT2D eigenvalue weighted by molar-refractivity contribution is -0.00567. The van der Waals surface area contributed by atoms with Gasteiger partial charge in [-0.2, -0.15) is 9.61 Å². The molecular weight excluding hydrogens is 380 g/mol. The summed E-state index contributed by atoms with van der Waals surface area (Å²) in [7, 11) is 0. The number of aryl methyl sites for hydroxylation is 1. The second kappa shape index (κ2) is 5.65. The van der Waals surface area contributed by atoms with Gasteiger partial charge in [-0.15, -0.1) is 10.2 Å². The van der Waals surface area contributed by atoms with E-state index >= 15 is 0 Å². The molecule has 4 bridgehead atoms. The molecule has 4 aliphatic carbocycles. The molecular formula is C22H24N6S. The highest BCUT2D eigenvalue weighted by Gasteiger charge is 2.53. The molecule has 0 radical (unpaired) electrons. The summed E-state index contributed by atoms with van der Waals surface area (Å²) in [5.41, 5.74) is 2.48. The van der Waals surface area contributed by atoms with Gasteiger partial charge in [0.05, 0.1) is 17.6 Å². The van der Waals surface area contributed by atoms with Gasteiger partial charge in [-0.25, -0.2) is 4.98 Å². The van der Waals surface area contributed by atoms with Crippen molar-refractivity contribution in [1.29, 1.82) is 0 Å². The van der Waals surface area contributed by atoms with Crippen LogP contribution < -0.4 is 0 Å². The summed E-state index contributed by atoms with van der Waals surface area (Å²) < 4.78 is 4.22. The number of nitrogens with zero attached hydrogens (tertiary/aromatic N) is 6. The minimum Gasteiger partial charge on any atom is -0.320 e. The Morgan fingerprint density at radius 1 is 1.03 bits per heavy atom. The second-order valence-electron chi connectivity index (χ2n) is 9.65. The number of hydrogen-bond donors (Lipinski definition) is 0. The fourth-order valence-corrected chi connectivity index (χ4v) is 7.96. The quantitative estimate of drug-likeness (QED) is 0.509. The first kappa shape index (κ1) is 16.5. The largest absolute Gasteiger partial charge is 0.320 e. The molecule has 0 saturated heterocycles. The zero-order valence-electron chi connectivity index (χ0n) is 16.6. The van der Waals surface area contributed by atoms with Crippen molar-refractivity contribution in [3.8, 4) is 0 Å². The number of para-hydroxylation sites is 2. The van der Waals surface area contributed by atoms with Crippen molar-refractivity contribution in [2.45, 2.75) is 57.4 Å². The molecule has 3 aromatic heterocycles. The molecule has 4 saturated carbocycles. The van der Waals surface area contributed by atoms with E-state index < -0.39 is 0 Å². The van der Waals surface area contributed by atoms with Gasteiger partial charge in [0, 0.05) is 5.41 Å². The first-order valence-electron chi connectivity index (χ1n) is 10.8. The zero-order chi connectivity index (χ0) is 19.2. The molecule has 4 aromatic rings. The van der Waals surface area contributed by atoms with Crippen molar-refractivity contribution < 1.29 is 0 Å². The Morgan fingerprint density at radius 3 is 2.52 bits per heavy atom. The van der Waals surface area contributed by atoms with Crippen LogP contribution in [-0.2, 0) is 12.0 Å². The molecule has 4 fully saturated rings. The molecule has 7 heteroatoms. The standard InChI is InChI=1S/C22H24N6S/c1-13-23-17-4-2-3-5-18(17)27(13)12-19-24-25-21-28(19)26-20(29-21)22-9-14-6-15(10-22)8-16(7-14)11-22/h2-5,14-16H,6-12H2,1H3. The molecule has 1 aromatic carbocycles. The number of fused-ring (bicyclic) bond motifs is 2. The van der Waals surface area contributed by atoms with Crippen LogP contribution in [0.2, 0.25) is 0 Å². The van der Waals surface area contributed by atoms with Gasteiger partial charge in [0.25, 0.3) is 0 Å². The van der Waals surface area contributed by atoms with E-state index in [4.69, 9.17) is 10.1 Å². The molecule has 8 rings (SSSR count).